The summed E-state index contributed by atoms with van der Waals surface area (Å²) < 4.78 is 5.27. The smallest absolute Gasteiger partial charge is 0.280 e. The zero-order valence-electron chi connectivity index (χ0n) is 11.9. The second kappa shape index (κ2) is 5.57. The number of ether oxygens (including phenoxy) is 1. The highest BCUT2D eigenvalue weighted by atomic mass is 16.5. The van der Waals surface area contributed by atoms with Gasteiger partial charge >= 0.3 is 0 Å². The van der Waals surface area contributed by atoms with Gasteiger partial charge in [0.1, 0.15) is 11.7 Å². The minimum absolute atomic E-state index is 0. The standard InChI is InChI=1S/C12H18N2O7.H2O/c1-6-3-4-21-12(7(16)10(2,19)5-15)9(18)13-11(6,20)8(17)14-12;/h7,15-16,19-20H,1,3-5H2,2H3,(H,13,18)(H,14,17);1H2/t7?,10?,11-,12+;/m1./s1. The van der Waals surface area contributed by atoms with Gasteiger partial charge in [-0.25, -0.2) is 0 Å². The van der Waals surface area contributed by atoms with E-state index in [0.29, 0.717) is 0 Å². The molecule has 8 N–H and O–H groups in total. The minimum Gasteiger partial charge on any atom is -0.412 e. The molecule has 3 fully saturated rings. The van der Waals surface area contributed by atoms with Crippen LogP contribution in [-0.2, 0) is 14.3 Å². The fourth-order valence-electron chi connectivity index (χ4n) is 2.29. The minimum atomic E-state index is -2.31. The highest BCUT2D eigenvalue weighted by molar-refractivity contribution is 6.02. The zero-order chi connectivity index (χ0) is 16.1. The van der Waals surface area contributed by atoms with Gasteiger partial charge in [-0.05, 0) is 18.9 Å². The Morgan fingerprint density at radius 2 is 2.00 bits per heavy atom. The number of carbonyl (C=O) groups excluding carboxylic acids is 2. The number of rotatable bonds is 3. The van der Waals surface area contributed by atoms with E-state index in [-0.39, 0.29) is 24.1 Å². The lowest BCUT2D eigenvalue weighted by molar-refractivity contribution is -0.230. The second-order valence-corrected chi connectivity index (χ2v) is 5.47. The number of nitrogens with one attached hydrogen (secondary N) is 2. The zero-order valence-corrected chi connectivity index (χ0v) is 11.9. The molecule has 22 heavy (non-hydrogen) atoms. The number of carbonyl (C=O) groups is 2. The van der Waals surface area contributed by atoms with E-state index >= 15 is 0 Å². The van der Waals surface area contributed by atoms with Crippen molar-refractivity contribution in [1.82, 2.24) is 10.6 Å². The summed E-state index contributed by atoms with van der Waals surface area (Å²) in [5, 5.41) is 43.6. The first-order valence-electron chi connectivity index (χ1n) is 6.31. The van der Waals surface area contributed by atoms with Crippen molar-refractivity contribution in [1.29, 1.82) is 0 Å². The maximum Gasteiger partial charge on any atom is 0.280 e. The lowest BCUT2D eigenvalue weighted by Crippen LogP contribution is -2.82. The van der Waals surface area contributed by atoms with Crippen LogP contribution in [-0.4, -0.2) is 74.1 Å². The van der Waals surface area contributed by atoms with E-state index in [1.807, 2.05) is 5.32 Å². The molecule has 4 atom stereocenters. The Kier molecular flexibility index (Phi) is 4.68. The first-order chi connectivity index (χ1) is 9.60. The number of piperazine rings is 1. The molecule has 10 heteroatoms. The molecule has 0 aliphatic carbocycles. The summed E-state index contributed by atoms with van der Waals surface area (Å²) in [5.74, 6) is -2.09. The molecule has 0 aromatic heterocycles. The number of hydrogen-bond donors (Lipinski definition) is 6. The summed E-state index contributed by atoms with van der Waals surface area (Å²) in [4.78, 5) is 24.3. The van der Waals surface area contributed by atoms with Crippen LogP contribution in [0.25, 0.3) is 0 Å². The number of hydrogen-bond acceptors (Lipinski definition) is 7. The summed E-state index contributed by atoms with van der Waals surface area (Å²) in [5.41, 5.74) is -6.69. The van der Waals surface area contributed by atoms with Crippen LogP contribution in [0.4, 0.5) is 0 Å². The van der Waals surface area contributed by atoms with Crippen LogP contribution in [0.15, 0.2) is 12.2 Å². The Balaban J connectivity index is 0.00000242. The largest absolute Gasteiger partial charge is 0.412 e. The maximum absolute atomic E-state index is 12.2. The Labute approximate surface area is 125 Å². The van der Waals surface area contributed by atoms with Gasteiger partial charge in [0.2, 0.25) is 5.72 Å². The van der Waals surface area contributed by atoms with Crippen LogP contribution >= 0.6 is 0 Å². The van der Waals surface area contributed by atoms with Crippen molar-refractivity contribution in [3.8, 4) is 0 Å². The molecule has 0 saturated carbocycles. The molecule has 3 aliphatic heterocycles. The normalized spacial score (nSPS) is 35.4. The van der Waals surface area contributed by atoms with Gasteiger partial charge in [0, 0.05) is 0 Å². The van der Waals surface area contributed by atoms with Gasteiger partial charge in [-0.15, -0.1) is 0 Å². The van der Waals surface area contributed by atoms with Crippen LogP contribution < -0.4 is 10.6 Å². The molecule has 0 aromatic carbocycles. The van der Waals surface area contributed by atoms with Crippen molar-refractivity contribution >= 4 is 11.8 Å². The number of aliphatic hydroxyl groups is 4. The highest BCUT2D eigenvalue weighted by Gasteiger charge is 2.63. The third-order valence-corrected chi connectivity index (χ3v) is 3.80. The molecule has 2 unspecified atom stereocenters. The molecule has 3 rings (SSSR count). The third kappa shape index (κ3) is 2.39. The van der Waals surface area contributed by atoms with Gasteiger partial charge in [-0.3, -0.25) is 9.59 Å². The van der Waals surface area contributed by atoms with Gasteiger partial charge in [-0.2, -0.15) is 0 Å². The van der Waals surface area contributed by atoms with E-state index in [4.69, 9.17) is 9.84 Å². The van der Waals surface area contributed by atoms with Crippen LogP contribution in [0.1, 0.15) is 13.3 Å². The molecule has 10 nitrogen and oxygen atoms in total. The molecule has 3 heterocycles. The molecular weight excluding hydrogens is 300 g/mol. The number of aliphatic hydroxyl groups excluding tert-OH is 2. The Bertz CT molecular complexity index is 507. The average Bonchev–Trinajstić information content (AvgIpc) is 2.42. The number of fused-ring (bicyclic) bond motifs is 5. The van der Waals surface area contributed by atoms with Gasteiger partial charge in [0.05, 0.1) is 13.2 Å². The van der Waals surface area contributed by atoms with Crippen molar-refractivity contribution in [3.05, 3.63) is 12.2 Å². The van der Waals surface area contributed by atoms with E-state index in [2.05, 4.69) is 11.9 Å². The Morgan fingerprint density at radius 3 is 2.55 bits per heavy atom. The van der Waals surface area contributed by atoms with Crippen LogP contribution in [0, 0.1) is 0 Å². The molecule has 3 aliphatic rings. The molecule has 2 bridgehead atoms. The van der Waals surface area contributed by atoms with Gasteiger partial charge < -0.3 is 41.3 Å². The average molecular weight is 320 g/mol. The lowest BCUT2D eigenvalue weighted by atomic mass is 9.85. The van der Waals surface area contributed by atoms with Crippen molar-refractivity contribution in [2.75, 3.05) is 13.2 Å². The summed E-state index contributed by atoms with van der Waals surface area (Å²) in [7, 11) is 0. The van der Waals surface area contributed by atoms with Crippen molar-refractivity contribution < 1.29 is 40.2 Å². The molecular formula is C12H20N2O8. The quantitative estimate of drug-likeness (QED) is 0.286. The summed E-state index contributed by atoms with van der Waals surface area (Å²) in [6.07, 6.45) is -1.91. The van der Waals surface area contributed by atoms with Gasteiger partial charge in [0.15, 0.2) is 0 Å². The molecule has 0 radical (unpaired) electrons. The van der Waals surface area contributed by atoms with E-state index in [0.717, 1.165) is 6.92 Å². The second-order valence-electron chi connectivity index (χ2n) is 5.47. The molecule has 0 spiro atoms. The van der Waals surface area contributed by atoms with Gasteiger partial charge in [-0.1, -0.05) is 6.58 Å². The van der Waals surface area contributed by atoms with Crippen LogP contribution in [0.5, 0.6) is 0 Å². The number of amides is 2. The first kappa shape index (κ1) is 18.5. The predicted octanol–water partition coefficient (Wildman–Crippen LogP) is -4.13. The van der Waals surface area contributed by atoms with E-state index in [9.17, 15) is 24.9 Å². The molecule has 2 amide bonds. The van der Waals surface area contributed by atoms with E-state index < -0.39 is 41.6 Å². The summed E-state index contributed by atoms with van der Waals surface area (Å²) in [6, 6.07) is 0. The Morgan fingerprint density at radius 1 is 1.41 bits per heavy atom. The fourth-order valence-corrected chi connectivity index (χ4v) is 2.29. The lowest BCUT2D eigenvalue weighted by Gasteiger charge is -2.49. The van der Waals surface area contributed by atoms with Crippen molar-refractivity contribution in [2.45, 2.75) is 36.5 Å². The van der Waals surface area contributed by atoms with Crippen molar-refractivity contribution in [2.24, 2.45) is 0 Å². The third-order valence-electron chi connectivity index (χ3n) is 3.80. The molecule has 0 aromatic rings. The first-order valence-corrected chi connectivity index (χ1v) is 6.31. The molecule has 126 valence electrons. The monoisotopic (exact) mass is 320 g/mol. The molecule has 3 saturated heterocycles. The summed E-state index contributed by atoms with van der Waals surface area (Å²) in [6.45, 7) is 3.59. The maximum atomic E-state index is 12.2. The highest BCUT2D eigenvalue weighted by Crippen LogP contribution is 2.32. The SMILES string of the molecule is C=C1CCO[C@]2(C(O)C(C)(O)CO)NC(=O)[C@@]1(O)NC2=O.O. The summed E-state index contributed by atoms with van der Waals surface area (Å²) >= 11 is 0. The predicted molar refractivity (Wildman–Crippen MR) is 71.0 cm³/mol. The van der Waals surface area contributed by atoms with Gasteiger partial charge in [0.25, 0.3) is 17.5 Å². The Hall–Kier alpha value is -1.56. The van der Waals surface area contributed by atoms with Crippen LogP contribution in [0.3, 0.4) is 0 Å². The van der Waals surface area contributed by atoms with Crippen molar-refractivity contribution in [3.63, 3.8) is 0 Å². The fraction of sp³-hybridized carbons (Fsp3) is 0.667. The van der Waals surface area contributed by atoms with E-state index in [1.54, 1.807) is 0 Å². The van der Waals surface area contributed by atoms with Crippen LogP contribution in [0.2, 0.25) is 0 Å². The van der Waals surface area contributed by atoms with E-state index in [1.165, 1.54) is 0 Å². The topological polar surface area (TPSA) is 180 Å².